The minimum atomic E-state index is -0.536. The van der Waals surface area contributed by atoms with Gasteiger partial charge in [0.15, 0.2) is 11.5 Å². The van der Waals surface area contributed by atoms with Crippen molar-refractivity contribution in [1.29, 1.82) is 0 Å². The van der Waals surface area contributed by atoms with Gasteiger partial charge in [0.2, 0.25) is 5.91 Å². The topological polar surface area (TPSA) is 138 Å². The number of halogens is 1. The van der Waals surface area contributed by atoms with Crippen LogP contribution in [0.3, 0.4) is 0 Å². The average Bonchev–Trinajstić information content (AvgIpc) is 3.63. The number of carbonyl (C=O) groups is 1. The molecule has 11 heteroatoms. The lowest BCUT2D eigenvalue weighted by atomic mass is 10.1. The third kappa shape index (κ3) is 3.57. The number of H-pyrrole nitrogens is 2. The number of amides is 1. The zero-order valence-electron chi connectivity index (χ0n) is 19.2. The summed E-state index contributed by atoms with van der Waals surface area (Å²) in [5, 5.41) is 9.99. The van der Waals surface area contributed by atoms with Gasteiger partial charge < -0.3 is 14.7 Å². The van der Waals surface area contributed by atoms with Crippen LogP contribution in [0.15, 0.2) is 59.9 Å². The molecule has 0 aliphatic rings. The second-order valence-corrected chi connectivity index (χ2v) is 8.54. The number of nitrogens with one attached hydrogen (secondary N) is 3. The van der Waals surface area contributed by atoms with Crippen molar-refractivity contribution in [3.05, 3.63) is 61.3 Å². The van der Waals surface area contributed by atoms with Gasteiger partial charge in [0.25, 0.3) is 0 Å². The summed E-state index contributed by atoms with van der Waals surface area (Å²) in [5.41, 5.74) is 4.45. The third-order valence-electron chi connectivity index (χ3n) is 5.79. The molecule has 0 fully saturated rings. The zero-order valence-corrected chi connectivity index (χ0v) is 19.2. The number of fused-ring (bicyclic) bond motifs is 2. The highest BCUT2D eigenvalue weighted by Gasteiger charge is 2.21. The number of furan rings is 1. The summed E-state index contributed by atoms with van der Waals surface area (Å²) in [6.07, 6.45) is 9.23. The molecule has 3 N–H and O–H groups in total. The van der Waals surface area contributed by atoms with Crippen LogP contribution >= 0.6 is 0 Å². The molecule has 6 aromatic rings. The predicted molar refractivity (Wildman–Crippen MR) is 131 cm³/mol. The molecular formula is C25H19FN8O2. The highest BCUT2D eigenvalue weighted by molar-refractivity contribution is 5.97. The van der Waals surface area contributed by atoms with Gasteiger partial charge in [-0.3, -0.25) is 19.9 Å². The standard InChI is InChI=1S/C25H19FN8O2/c1-12(2)25(35)30-15-7-14(8-27-9-15)16-10-29-23-18(19(16)26)22(33-34-23)24-31-17-3-5-28-20(21(17)32-24)13-4-6-36-11-13/h3-12H,1-2H3,(H,30,35)(H,31,32)(H,29,33,34). The fourth-order valence-electron chi connectivity index (χ4n) is 3.93. The van der Waals surface area contributed by atoms with Crippen LogP contribution in [0.5, 0.6) is 0 Å². The van der Waals surface area contributed by atoms with Gasteiger partial charge in [0, 0.05) is 41.2 Å². The minimum Gasteiger partial charge on any atom is -0.472 e. The molecule has 0 spiro atoms. The first kappa shape index (κ1) is 21.6. The molecule has 0 unspecified atom stereocenters. The van der Waals surface area contributed by atoms with E-state index in [1.807, 2.05) is 0 Å². The fourth-order valence-corrected chi connectivity index (χ4v) is 3.93. The largest absolute Gasteiger partial charge is 0.472 e. The highest BCUT2D eigenvalue weighted by Crippen LogP contribution is 2.34. The molecule has 36 heavy (non-hydrogen) atoms. The highest BCUT2D eigenvalue weighted by atomic mass is 19.1. The summed E-state index contributed by atoms with van der Waals surface area (Å²) in [5.74, 6) is -0.509. The normalized spacial score (nSPS) is 11.6. The summed E-state index contributed by atoms with van der Waals surface area (Å²) in [6.45, 7) is 3.58. The molecule has 0 atom stereocenters. The Labute approximate surface area is 203 Å². The Balaban J connectivity index is 1.46. The van der Waals surface area contributed by atoms with Gasteiger partial charge in [-0.1, -0.05) is 13.8 Å². The Morgan fingerprint density at radius 3 is 2.83 bits per heavy atom. The van der Waals surface area contributed by atoms with Crippen LogP contribution in [-0.2, 0) is 4.79 Å². The number of imidazole rings is 1. The van der Waals surface area contributed by atoms with E-state index in [-0.39, 0.29) is 28.4 Å². The lowest BCUT2D eigenvalue weighted by molar-refractivity contribution is -0.118. The lowest BCUT2D eigenvalue weighted by Gasteiger charge is -2.09. The molecule has 6 aromatic heterocycles. The second kappa shape index (κ2) is 8.38. The second-order valence-electron chi connectivity index (χ2n) is 8.54. The molecule has 0 saturated heterocycles. The van der Waals surface area contributed by atoms with Crippen molar-refractivity contribution in [2.75, 3.05) is 5.32 Å². The first-order chi connectivity index (χ1) is 17.5. The smallest absolute Gasteiger partial charge is 0.226 e. The van der Waals surface area contributed by atoms with Crippen molar-refractivity contribution in [3.63, 3.8) is 0 Å². The summed E-state index contributed by atoms with van der Waals surface area (Å²) in [7, 11) is 0. The number of rotatable bonds is 5. The maximum Gasteiger partial charge on any atom is 0.226 e. The Morgan fingerprint density at radius 2 is 2.03 bits per heavy atom. The lowest BCUT2D eigenvalue weighted by Crippen LogP contribution is -2.17. The SMILES string of the molecule is CC(C)C(=O)Nc1cncc(-c2cnc3n[nH]c(-c4nc5c(-c6ccoc6)nccc5[nH]4)c3c2F)c1. The van der Waals surface area contributed by atoms with Gasteiger partial charge in [0.1, 0.15) is 22.7 Å². The zero-order chi connectivity index (χ0) is 24.8. The molecule has 10 nitrogen and oxygen atoms in total. The molecular weight excluding hydrogens is 463 g/mol. The Kier molecular flexibility index (Phi) is 5.03. The van der Waals surface area contributed by atoms with Gasteiger partial charge in [0.05, 0.1) is 35.3 Å². The Hall–Kier alpha value is -4.93. The van der Waals surface area contributed by atoms with E-state index in [2.05, 4.69) is 40.4 Å². The molecule has 0 aromatic carbocycles. The Morgan fingerprint density at radius 1 is 1.14 bits per heavy atom. The van der Waals surface area contributed by atoms with E-state index in [1.54, 1.807) is 50.8 Å². The number of aromatic nitrogens is 7. The minimum absolute atomic E-state index is 0.158. The molecule has 0 radical (unpaired) electrons. The molecule has 1 amide bonds. The van der Waals surface area contributed by atoms with Crippen molar-refractivity contribution in [2.24, 2.45) is 5.92 Å². The maximum absolute atomic E-state index is 15.9. The molecule has 6 heterocycles. The number of nitrogens with zero attached hydrogens (tertiary/aromatic N) is 5. The monoisotopic (exact) mass is 482 g/mol. The first-order valence-electron chi connectivity index (χ1n) is 11.2. The summed E-state index contributed by atoms with van der Waals surface area (Å²) in [4.78, 5) is 32.9. The summed E-state index contributed by atoms with van der Waals surface area (Å²) < 4.78 is 21.1. The summed E-state index contributed by atoms with van der Waals surface area (Å²) in [6, 6.07) is 5.24. The van der Waals surface area contributed by atoms with Crippen LogP contribution in [0.25, 0.3) is 56.0 Å². The van der Waals surface area contributed by atoms with Crippen LogP contribution in [-0.4, -0.2) is 41.0 Å². The van der Waals surface area contributed by atoms with Crippen LogP contribution in [0, 0.1) is 11.7 Å². The van der Waals surface area contributed by atoms with Crippen LogP contribution < -0.4 is 5.32 Å². The van der Waals surface area contributed by atoms with Crippen molar-refractivity contribution < 1.29 is 13.6 Å². The average molecular weight is 482 g/mol. The number of anilines is 1. The van der Waals surface area contributed by atoms with E-state index in [0.717, 1.165) is 11.1 Å². The van der Waals surface area contributed by atoms with Gasteiger partial charge >= 0.3 is 0 Å². The van der Waals surface area contributed by atoms with E-state index in [1.165, 1.54) is 18.6 Å². The van der Waals surface area contributed by atoms with E-state index in [9.17, 15) is 4.79 Å². The molecule has 0 aliphatic carbocycles. The van der Waals surface area contributed by atoms with Crippen molar-refractivity contribution >= 4 is 33.7 Å². The third-order valence-corrected chi connectivity index (χ3v) is 5.79. The molecule has 0 aliphatic heterocycles. The van der Waals surface area contributed by atoms with Gasteiger partial charge in [-0.15, -0.1) is 0 Å². The van der Waals surface area contributed by atoms with Crippen molar-refractivity contribution in [3.8, 4) is 33.9 Å². The Bertz CT molecular complexity index is 1740. The molecule has 178 valence electrons. The van der Waals surface area contributed by atoms with Crippen molar-refractivity contribution in [1.82, 2.24) is 35.1 Å². The molecule has 0 saturated carbocycles. The van der Waals surface area contributed by atoms with E-state index < -0.39 is 5.82 Å². The molecule has 0 bridgehead atoms. The maximum atomic E-state index is 15.9. The van der Waals surface area contributed by atoms with E-state index >= 15 is 4.39 Å². The predicted octanol–water partition coefficient (Wildman–Crippen LogP) is 4.95. The van der Waals surface area contributed by atoms with Gasteiger partial charge in [-0.2, -0.15) is 5.10 Å². The van der Waals surface area contributed by atoms with Crippen LogP contribution in [0.2, 0.25) is 0 Å². The van der Waals surface area contributed by atoms with Crippen LogP contribution in [0.4, 0.5) is 10.1 Å². The number of hydrogen-bond acceptors (Lipinski definition) is 7. The number of carbonyl (C=O) groups excluding carboxylic acids is 1. The van der Waals surface area contributed by atoms with E-state index in [4.69, 9.17) is 4.42 Å². The van der Waals surface area contributed by atoms with Gasteiger partial charge in [-0.05, 0) is 18.2 Å². The molecule has 6 rings (SSSR count). The quantitative estimate of drug-likeness (QED) is 0.316. The van der Waals surface area contributed by atoms with Crippen LogP contribution in [0.1, 0.15) is 13.8 Å². The van der Waals surface area contributed by atoms with Gasteiger partial charge in [-0.25, -0.2) is 14.4 Å². The fraction of sp³-hybridized carbons (Fsp3) is 0.120. The van der Waals surface area contributed by atoms with E-state index in [0.29, 0.717) is 34.0 Å². The first-order valence-corrected chi connectivity index (χ1v) is 11.2. The number of pyridine rings is 3. The number of aromatic amines is 2. The number of hydrogen-bond donors (Lipinski definition) is 3. The van der Waals surface area contributed by atoms with Crippen molar-refractivity contribution in [2.45, 2.75) is 13.8 Å². The summed E-state index contributed by atoms with van der Waals surface area (Å²) >= 11 is 0.